The van der Waals surface area contributed by atoms with Gasteiger partial charge in [-0.25, -0.2) is 4.98 Å². The van der Waals surface area contributed by atoms with Gasteiger partial charge < -0.3 is 5.11 Å². The number of para-hydroxylation sites is 2. The summed E-state index contributed by atoms with van der Waals surface area (Å²) in [7, 11) is 0. The largest absolute Gasteiger partial charge is 0.481 e. The van der Waals surface area contributed by atoms with E-state index in [1.807, 2.05) is 54.6 Å². The number of aliphatic carboxylic acids is 1. The highest BCUT2D eigenvalue weighted by Crippen LogP contribution is 2.25. The highest BCUT2D eigenvalue weighted by Gasteiger charge is 2.17. The second-order valence-corrected chi connectivity index (χ2v) is 5.27. The lowest BCUT2D eigenvalue weighted by Gasteiger charge is -2.07. The molecule has 0 saturated carbocycles. The molecule has 0 aliphatic rings. The maximum Gasteiger partial charge on any atom is 0.303 e. The standard InChI is InChI=1S/C18H16N2O3/c21-16(11-6-12-17(22)23)20-15-10-5-4-9-14(15)19-18(20)13-7-2-1-3-8-13/h1-5,7-10H,6,11-12H2,(H,22,23). The molecule has 0 aliphatic heterocycles. The second kappa shape index (κ2) is 6.44. The summed E-state index contributed by atoms with van der Waals surface area (Å²) in [6.07, 6.45) is 0.473. The monoisotopic (exact) mass is 308 g/mol. The van der Waals surface area contributed by atoms with Crippen molar-refractivity contribution in [3.63, 3.8) is 0 Å². The second-order valence-electron chi connectivity index (χ2n) is 5.27. The number of carbonyl (C=O) groups excluding carboxylic acids is 1. The third-order valence-corrected chi connectivity index (χ3v) is 3.62. The van der Waals surface area contributed by atoms with Crippen molar-refractivity contribution in [2.75, 3.05) is 0 Å². The number of aromatic nitrogens is 2. The number of carboxylic acids is 1. The Morgan fingerprint density at radius 2 is 1.65 bits per heavy atom. The molecule has 5 nitrogen and oxygen atoms in total. The first-order valence-corrected chi connectivity index (χ1v) is 7.45. The van der Waals surface area contributed by atoms with Crippen molar-refractivity contribution in [1.82, 2.24) is 9.55 Å². The van der Waals surface area contributed by atoms with E-state index < -0.39 is 5.97 Å². The van der Waals surface area contributed by atoms with Gasteiger partial charge in [0.25, 0.3) is 0 Å². The third-order valence-electron chi connectivity index (χ3n) is 3.62. The number of hydrogen-bond acceptors (Lipinski definition) is 3. The van der Waals surface area contributed by atoms with Crippen LogP contribution in [0.15, 0.2) is 54.6 Å². The lowest BCUT2D eigenvalue weighted by Crippen LogP contribution is -2.12. The Labute approximate surface area is 133 Å². The van der Waals surface area contributed by atoms with Crippen molar-refractivity contribution in [3.8, 4) is 11.4 Å². The van der Waals surface area contributed by atoms with Crippen LogP contribution in [-0.2, 0) is 4.79 Å². The van der Waals surface area contributed by atoms with E-state index in [2.05, 4.69) is 4.98 Å². The van der Waals surface area contributed by atoms with Gasteiger partial charge in [0.15, 0.2) is 0 Å². The number of hydrogen-bond donors (Lipinski definition) is 1. The van der Waals surface area contributed by atoms with Crippen molar-refractivity contribution in [1.29, 1.82) is 0 Å². The van der Waals surface area contributed by atoms with Crippen molar-refractivity contribution >= 4 is 22.9 Å². The van der Waals surface area contributed by atoms with Gasteiger partial charge in [0.05, 0.1) is 11.0 Å². The molecule has 0 atom stereocenters. The van der Waals surface area contributed by atoms with Crippen molar-refractivity contribution in [2.24, 2.45) is 0 Å². The summed E-state index contributed by atoms with van der Waals surface area (Å²) in [4.78, 5) is 27.8. The molecule has 0 bridgehead atoms. The molecule has 5 heteroatoms. The van der Waals surface area contributed by atoms with Crippen LogP contribution < -0.4 is 0 Å². The Morgan fingerprint density at radius 3 is 2.39 bits per heavy atom. The van der Waals surface area contributed by atoms with Crippen LogP contribution in [0.4, 0.5) is 0 Å². The van der Waals surface area contributed by atoms with Crippen LogP contribution in [0, 0.1) is 0 Å². The average Bonchev–Trinajstić information content (AvgIpc) is 2.94. The van der Waals surface area contributed by atoms with Crippen LogP contribution in [0.25, 0.3) is 22.4 Å². The summed E-state index contributed by atoms with van der Waals surface area (Å²) in [6.45, 7) is 0. The van der Waals surface area contributed by atoms with Crippen molar-refractivity contribution in [3.05, 3.63) is 54.6 Å². The van der Waals surface area contributed by atoms with E-state index in [0.717, 1.165) is 16.6 Å². The van der Waals surface area contributed by atoms with Crippen molar-refractivity contribution < 1.29 is 14.7 Å². The van der Waals surface area contributed by atoms with Gasteiger partial charge in [0.2, 0.25) is 5.91 Å². The molecule has 3 aromatic rings. The number of benzene rings is 2. The van der Waals surface area contributed by atoms with E-state index in [-0.39, 0.29) is 18.7 Å². The minimum atomic E-state index is -0.892. The van der Waals surface area contributed by atoms with Gasteiger partial charge in [0.1, 0.15) is 5.82 Å². The quantitative estimate of drug-likeness (QED) is 0.781. The molecule has 1 aromatic heterocycles. The smallest absolute Gasteiger partial charge is 0.303 e. The first-order valence-electron chi connectivity index (χ1n) is 7.45. The molecule has 1 heterocycles. The van der Waals surface area contributed by atoms with Crippen LogP contribution in [0.2, 0.25) is 0 Å². The molecule has 23 heavy (non-hydrogen) atoms. The fourth-order valence-electron chi connectivity index (χ4n) is 2.56. The van der Waals surface area contributed by atoms with E-state index in [4.69, 9.17) is 5.11 Å². The first-order chi connectivity index (χ1) is 11.2. The average molecular weight is 308 g/mol. The van der Waals surface area contributed by atoms with E-state index in [9.17, 15) is 9.59 Å². The fourth-order valence-corrected chi connectivity index (χ4v) is 2.56. The molecular weight excluding hydrogens is 292 g/mol. The van der Waals surface area contributed by atoms with E-state index >= 15 is 0 Å². The number of rotatable bonds is 5. The Hall–Kier alpha value is -2.95. The van der Waals surface area contributed by atoms with Gasteiger partial charge in [-0.2, -0.15) is 0 Å². The molecule has 0 radical (unpaired) electrons. The minimum Gasteiger partial charge on any atom is -0.481 e. The van der Waals surface area contributed by atoms with E-state index in [0.29, 0.717) is 12.2 Å². The van der Waals surface area contributed by atoms with Gasteiger partial charge in [-0.15, -0.1) is 0 Å². The zero-order valence-corrected chi connectivity index (χ0v) is 12.5. The summed E-state index contributed by atoms with van der Waals surface area (Å²) < 4.78 is 1.59. The molecular formula is C18H16N2O3. The molecule has 1 N–H and O–H groups in total. The highest BCUT2D eigenvalue weighted by molar-refractivity contribution is 5.95. The Kier molecular flexibility index (Phi) is 4.19. The number of carbonyl (C=O) groups is 2. The Balaban J connectivity index is 2.03. The first kappa shape index (κ1) is 15.0. The molecule has 2 aromatic carbocycles. The highest BCUT2D eigenvalue weighted by atomic mass is 16.4. The molecule has 0 amide bonds. The predicted octanol–water partition coefficient (Wildman–Crippen LogP) is 3.60. The Morgan fingerprint density at radius 1 is 0.957 bits per heavy atom. The maximum absolute atomic E-state index is 12.6. The van der Waals surface area contributed by atoms with Crippen LogP contribution in [-0.4, -0.2) is 26.5 Å². The molecule has 0 spiro atoms. The SMILES string of the molecule is O=C(O)CCCC(=O)n1c(-c2ccccc2)nc2ccccc21. The lowest BCUT2D eigenvalue weighted by molar-refractivity contribution is -0.137. The van der Waals surface area contributed by atoms with Crippen molar-refractivity contribution in [2.45, 2.75) is 19.3 Å². The third kappa shape index (κ3) is 3.13. The van der Waals surface area contributed by atoms with Crippen LogP contribution >= 0.6 is 0 Å². The van der Waals surface area contributed by atoms with Crippen LogP contribution in [0.5, 0.6) is 0 Å². The molecule has 0 saturated heterocycles. The van der Waals surface area contributed by atoms with Gasteiger partial charge in [-0.05, 0) is 18.6 Å². The zero-order valence-electron chi connectivity index (χ0n) is 12.5. The molecule has 0 unspecified atom stereocenters. The lowest BCUT2D eigenvalue weighted by atomic mass is 10.2. The van der Waals surface area contributed by atoms with Gasteiger partial charge in [-0.1, -0.05) is 42.5 Å². The summed E-state index contributed by atoms with van der Waals surface area (Å²) in [5.41, 5.74) is 2.35. The van der Waals surface area contributed by atoms with Crippen LogP contribution in [0.3, 0.4) is 0 Å². The van der Waals surface area contributed by atoms with Gasteiger partial charge in [0, 0.05) is 18.4 Å². The normalized spacial score (nSPS) is 10.8. The molecule has 0 aliphatic carbocycles. The maximum atomic E-state index is 12.6. The van der Waals surface area contributed by atoms with Crippen LogP contribution in [0.1, 0.15) is 24.1 Å². The fraction of sp³-hybridized carbons (Fsp3) is 0.167. The number of nitrogens with zero attached hydrogens (tertiary/aromatic N) is 2. The number of imidazole rings is 1. The molecule has 116 valence electrons. The topological polar surface area (TPSA) is 72.2 Å². The van der Waals surface area contributed by atoms with E-state index in [1.165, 1.54) is 0 Å². The predicted molar refractivity (Wildman–Crippen MR) is 87.3 cm³/mol. The van der Waals surface area contributed by atoms with E-state index in [1.54, 1.807) is 4.57 Å². The van der Waals surface area contributed by atoms with Gasteiger partial charge in [-0.3, -0.25) is 14.2 Å². The summed E-state index contributed by atoms with van der Waals surface area (Å²) >= 11 is 0. The zero-order chi connectivity index (χ0) is 16.2. The molecule has 0 fully saturated rings. The summed E-state index contributed by atoms with van der Waals surface area (Å²) in [5, 5.41) is 8.73. The summed E-state index contributed by atoms with van der Waals surface area (Å²) in [5.74, 6) is -0.442. The minimum absolute atomic E-state index is 0.0148. The summed E-state index contributed by atoms with van der Waals surface area (Å²) in [6, 6.07) is 17.0. The number of fused-ring (bicyclic) bond motifs is 1. The number of carboxylic acid groups (broad SMARTS) is 1. The molecule has 3 rings (SSSR count). The van der Waals surface area contributed by atoms with Gasteiger partial charge >= 0.3 is 5.97 Å². The Bertz CT molecular complexity index is 853.